The molecule has 1 N–H and O–H groups in total. The highest BCUT2D eigenvalue weighted by atomic mass is 35.5. The number of halogens is 1. The zero-order chi connectivity index (χ0) is 19.4. The average molecular weight is 433 g/mol. The molecule has 158 valence electrons. The van der Waals surface area contributed by atoms with Crippen LogP contribution in [0.5, 0.6) is 5.75 Å². The summed E-state index contributed by atoms with van der Waals surface area (Å²) in [5.41, 5.74) is 2.40. The Morgan fingerprint density at radius 3 is 2.68 bits per heavy atom. The third-order valence-electron chi connectivity index (χ3n) is 5.48. The number of piperidine rings is 1. The van der Waals surface area contributed by atoms with E-state index in [1.165, 1.54) is 15.4 Å². The first-order valence-corrected chi connectivity index (χ1v) is 11.2. The third-order valence-corrected chi connectivity index (χ3v) is 7.36. The van der Waals surface area contributed by atoms with E-state index in [1.54, 1.807) is 6.92 Å². The lowest BCUT2D eigenvalue weighted by Gasteiger charge is -2.37. The SMILES string of the molecule is CCS(=O)(=O)N1CCC(N(CCc2ccc3c(c2)CCO3)CC(=O)O)CC1.Cl. The number of nitrogens with zero attached hydrogens (tertiary/aromatic N) is 2. The van der Waals surface area contributed by atoms with Crippen LogP contribution in [0.4, 0.5) is 0 Å². The zero-order valence-corrected chi connectivity index (χ0v) is 17.8. The molecule has 2 aliphatic rings. The van der Waals surface area contributed by atoms with E-state index in [0.29, 0.717) is 32.5 Å². The maximum atomic E-state index is 12.0. The second kappa shape index (κ2) is 9.91. The molecule has 28 heavy (non-hydrogen) atoms. The van der Waals surface area contributed by atoms with E-state index in [0.717, 1.165) is 25.2 Å². The van der Waals surface area contributed by atoms with E-state index in [2.05, 4.69) is 6.07 Å². The normalized spacial score (nSPS) is 17.8. The predicted octanol–water partition coefficient (Wildman–Crippen LogP) is 1.79. The summed E-state index contributed by atoms with van der Waals surface area (Å²) in [6.07, 6.45) is 3.04. The second-order valence-electron chi connectivity index (χ2n) is 7.19. The maximum absolute atomic E-state index is 12.0. The molecule has 0 saturated carbocycles. The van der Waals surface area contributed by atoms with Gasteiger partial charge in [-0.05, 0) is 43.4 Å². The molecule has 9 heteroatoms. The molecule has 0 aromatic heterocycles. The summed E-state index contributed by atoms with van der Waals surface area (Å²) >= 11 is 0. The first-order valence-electron chi connectivity index (χ1n) is 9.57. The fourth-order valence-electron chi connectivity index (χ4n) is 3.90. The fourth-order valence-corrected chi connectivity index (χ4v) is 5.03. The van der Waals surface area contributed by atoms with Crippen LogP contribution in [0.1, 0.15) is 30.9 Å². The van der Waals surface area contributed by atoms with Gasteiger partial charge in [0, 0.05) is 32.1 Å². The number of aliphatic carboxylic acids is 1. The Balaban J connectivity index is 0.00000280. The molecule has 0 radical (unpaired) electrons. The zero-order valence-electron chi connectivity index (χ0n) is 16.2. The van der Waals surface area contributed by atoms with Gasteiger partial charge in [-0.1, -0.05) is 12.1 Å². The second-order valence-corrected chi connectivity index (χ2v) is 9.44. The minimum atomic E-state index is -3.17. The Morgan fingerprint density at radius 1 is 1.32 bits per heavy atom. The number of carbonyl (C=O) groups is 1. The molecule has 7 nitrogen and oxygen atoms in total. The quantitative estimate of drug-likeness (QED) is 0.673. The Kier molecular flexibility index (Phi) is 8.12. The van der Waals surface area contributed by atoms with E-state index >= 15 is 0 Å². The van der Waals surface area contributed by atoms with E-state index in [4.69, 9.17) is 4.74 Å². The number of rotatable bonds is 8. The fraction of sp³-hybridized carbons (Fsp3) is 0.632. The number of ether oxygens (including phenoxy) is 1. The lowest BCUT2D eigenvalue weighted by Crippen LogP contribution is -2.48. The molecule has 2 heterocycles. The van der Waals surface area contributed by atoms with Crippen LogP contribution in [0.3, 0.4) is 0 Å². The highest BCUT2D eigenvalue weighted by molar-refractivity contribution is 7.89. The number of hydrogen-bond donors (Lipinski definition) is 1. The van der Waals surface area contributed by atoms with Gasteiger partial charge >= 0.3 is 5.97 Å². The van der Waals surface area contributed by atoms with Crippen molar-refractivity contribution in [2.45, 2.75) is 38.6 Å². The van der Waals surface area contributed by atoms with E-state index in [1.807, 2.05) is 17.0 Å². The smallest absolute Gasteiger partial charge is 0.317 e. The van der Waals surface area contributed by atoms with Crippen molar-refractivity contribution in [3.05, 3.63) is 29.3 Å². The predicted molar refractivity (Wildman–Crippen MR) is 110 cm³/mol. The van der Waals surface area contributed by atoms with Gasteiger partial charge in [0.05, 0.1) is 18.9 Å². The van der Waals surface area contributed by atoms with E-state index < -0.39 is 16.0 Å². The van der Waals surface area contributed by atoms with Crippen LogP contribution >= 0.6 is 12.4 Å². The Morgan fingerprint density at radius 2 is 2.04 bits per heavy atom. The van der Waals surface area contributed by atoms with Gasteiger partial charge in [0.15, 0.2) is 0 Å². The highest BCUT2D eigenvalue weighted by Gasteiger charge is 2.30. The Bertz CT molecular complexity index is 779. The van der Waals surface area contributed by atoms with Gasteiger partial charge in [0.2, 0.25) is 10.0 Å². The van der Waals surface area contributed by atoms with Crippen LogP contribution in [0, 0.1) is 0 Å². The highest BCUT2D eigenvalue weighted by Crippen LogP contribution is 2.26. The maximum Gasteiger partial charge on any atom is 0.317 e. The number of benzene rings is 1. The van der Waals surface area contributed by atoms with Crippen molar-refractivity contribution in [2.24, 2.45) is 0 Å². The van der Waals surface area contributed by atoms with Crippen LogP contribution in [0.2, 0.25) is 0 Å². The lowest BCUT2D eigenvalue weighted by atomic mass is 10.0. The van der Waals surface area contributed by atoms with Crippen LogP contribution < -0.4 is 4.74 Å². The van der Waals surface area contributed by atoms with Gasteiger partial charge in [-0.3, -0.25) is 9.69 Å². The van der Waals surface area contributed by atoms with Crippen LogP contribution in [0.25, 0.3) is 0 Å². The summed E-state index contributed by atoms with van der Waals surface area (Å²) in [5, 5.41) is 9.29. The number of hydrogen-bond acceptors (Lipinski definition) is 5. The molecule has 1 aromatic carbocycles. The molecule has 1 fully saturated rings. The first kappa shape index (κ1) is 22.9. The molecule has 2 aliphatic heterocycles. The van der Waals surface area contributed by atoms with Gasteiger partial charge in [0.1, 0.15) is 5.75 Å². The van der Waals surface area contributed by atoms with Gasteiger partial charge in [-0.15, -0.1) is 12.4 Å². The van der Waals surface area contributed by atoms with Crippen LogP contribution in [-0.2, 0) is 27.7 Å². The van der Waals surface area contributed by atoms with Crippen molar-refractivity contribution < 1.29 is 23.1 Å². The van der Waals surface area contributed by atoms with E-state index in [9.17, 15) is 18.3 Å². The molecule has 0 spiro atoms. The number of carboxylic acids is 1. The summed E-state index contributed by atoms with van der Waals surface area (Å²) in [6.45, 7) is 3.94. The molecule has 1 saturated heterocycles. The number of sulfonamides is 1. The largest absolute Gasteiger partial charge is 0.493 e. The summed E-state index contributed by atoms with van der Waals surface area (Å²) in [4.78, 5) is 13.3. The number of carboxylic acid groups (broad SMARTS) is 1. The minimum Gasteiger partial charge on any atom is -0.493 e. The minimum absolute atomic E-state index is 0. The summed E-state index contributed by atoms with van der Waals surface area (Å²) in [7, 11) is -3.17. The standard InChI is InChI=1S/C19H28N2O5S.ClH/c1-2-27(24,25)21-10-6-17(7-11-21)20(14-19(22)23)9-5-15-3-4-18-16(13-15)8-12-26-18;/h3-4,13,17H,2,5-12,14H2,1H3,(H,22,23);1H. The van der Waals surface area contributed by atoms with Gasteiger partial charge in [-0.2, -0.15) is 0 Å². The van der Waals surface area contributed by atoms with Crippen LogP contribution in [-0.4, -0.2) is 73.3 Å². The molecule has 1 aromatic rings. The molecule has 0 amide bonds. The third kappa shape index (κ3) is 5.59. The summed E-state index contributed by atoms with van der Waals surface area (Å²) in [5.74, 6) is 0.213. The molecular weight excluding hydrogens is 404 g/mol. The summed E-state index contributed by atoms with van der Waals surface area (Å²) in [6, 6.07) is 6.28. The first-order chi connectivity index (χ1) is 12.9. The van der Waals surface area contributed by atoms with Gasteiger partial charge < -0.3 is 9.84 Å². The van der Waals surface area contributed by atoms with E-state index in [-0.39, 0.29) is 30.7 Å². The van der Waals surface area contributed by atoms with Crippen molar-refractivity contribution >= 4 is 28.4 Å². The Hall–Kier alpha value is -1.35. The molecular formula is C19H29ClN2O5S. The van der Waals surface area contributed by atoms with Gasteiger partial charge in [0.25, 0.3) is 0 Å². The van der Waals surface area contributed by atoms with Crippen molar-refractivity contribution in [1.82, 2.24) is 9.21 Å². The number of fused-ring (bicyclic) bond motifs is 1. The molecule has 0 bridgehead atoms. The van der Waals surface area contributed by atoms with Crippen LogP contribution in [0.15, 0.2) is 18.2 Å². The van der Waals surface area contributed by atoms with Crippen molar-refractivity contribution in [3.63, 3.8) is 0 Å². The molecule has 0 atom stereocenters. The van der Waals surface area contributed by atoms with Crippen molar-refractivity contribution in [2.75, 3.05) is 38.5 Å². The molecule has 0 unspecified atom stereocenters. The van der Waals surface area contributed by atoms with Crippen molar-refractivity contribution in [1.29, 1.82) is 0 Å². The Labute approximate surface area is 173 Å². The summed E-state index contributed by atoms with van der Waals surface area (Å²) < 4.78 is 31.1. The monoisotopic (exact) mass is 432 g/mol. The lowest BCUT2D eigenvalue weighted by molar-refractivity contribution is -0.139. The average Bonchev–Trinajstić information content (AvgIpc) is 3.12. The molecule has 3 rings (SSSR count). The van der Waals surface area contributed by atoms with Gasteiger partial charge in [-0.25, -0.2) is 12.7 Å². The van der Waals surface area contributed by atoms with Crippen molar-refractivity contribution in [3.8, 4) is 5.75 Å². The molecule has 0 aliphatic carbocycles. The topological polar surface area (TPSA) is 87.2 Å².